The number of carbonyl (C=O) groups excluding carboxylic acids is 1. The molecule has 7 heteroatoms. The van der Waals surface area contributed by atoms with Crippen LogP contribution in [-0.2, 0) is 14.5 Å². The Kier molecular flexibility index (Phi) is 5.11. The highest BCUT2D eigenvalue weighted by molar-refractivity contribution is 7.93. The topological polar surface area (TPSA) is 65.0 Å². The highest BCUT2D eigenvalue weighted by Crippen LogP contribution is 2.39. The minimum Gasteiger partial charge on any atom is -0.494 e. The molecule has 1 aromatic carbocycles. The van der Waals surface area contributed by atoms with E-state index in [1.54, 1.807) is 6.07 Å². The third-order valence-electron chi connectivity index (χ3n) is 3.39. The van der Waals surface area contributed by atoms with E-state index in [1.807, 2.05) is 0 Å². The van der Waals surface area contributed by atoms with E-state index in [2.05, 4.69) is 9.10 Å². The molecule has 0 unspecified atom stereocenters. The maximum atomic E-state index is 12.7. The lowest BCUT2D eigenvalue weighted by Crippen LogP contribution is -2.16. The summed E-state index contributed by atoms with van der Waals surface area (Å²) >= 11 is 6.25. The van der Waals surface area contributed by atoms with Gasteiger partial charge in [0.1, 0.15) is 11.4 Å². The van der Waals surface area contributed by atoms with Crippen molar-refractivity contribution in [2.75, 3.05) is 25.7 Å². The number of carbonyl (C=O) groups is 1. The zero-order valence-corrected chi connectivity index (χ0v) is 13.6. The van der Waals surface area contributed by atoms with Gasteiger partial charge in [0.15, 0.2) is 0 Å². The lowest BCUT2D eigenvalue weighted by Gasteiger charge is -2.17. The average molecular weight is 332 g/mol. The van der Waals surface area contributed by atoms with Gasteiger partial charge in [0.2, 0.25) is 0 Å². The molecule has 2 rings (SSSR count). The summed E-state index contributed by atoms with van der Waals surface area (Å²) in [7, 11) is 0.422. The second-order valence-electron chi connectivity index (χ2n) is 4.80. The van der Waals surface area contributed by atoms with Crippen LogP contribution in [0.5, 0.6) is 5.75 Å². The molecule has 1 saturated heterocycles. The van der Waals surface area contributed by atoms with Crippen molar-refractivity contribution < 1.29 is 18.5 Å². The van der Waals surface area contributed by atoms with Crippen molar-refractivity contribution in [3.8, 4) is 5.75 Å². The second-order valence-corrected chi connectivity index (χ2v) is 7.72. The van der Waals surface area contributed by atoms with Crippen LogP contribution in [0.2, 0.25) is 5.02 Å². The fraction of sp³-hybridized carbons (Fsp3) is 0.500. The van der Waals surface area contributed by atoms with Gasteiger partial charge >= 0.3 is 5.97 Å². The Morgan fingerprint density at radius 3 is 2.48 bits per heavy atom. The van der Waals surface area contributed by atoms with E-state index in [0.29, 0.717) is 17.3 Å². The molecule has 0 N–H and O–H groups in total. The summed E-state index contributed by atoms with van der Waals surface area (Å²) in [6.07, 6.45) is 2.84. The number of hydrogen-bond donors (Lipinski definition) is 0. The van der Waals surface area contributed by atoms with E-state index in [9.17, 15) is 9.00 Å². The van der Waals surface area contributed by atoms with Crippen molar-refractivity contribution in [2.45, 2.75) is 19.3 Å². The van der Waals surface area contributed by atoms with Crippen LogP contribution in [0.4, 0.5) is 5.69 Å². The van der Waals surface area contributed by atoms with Gasteiger partial charge in [-0.1, -0.05) is 18.0 Å². The first kappa shape index (κ1) is 16.1. The zero-order chi connectivity index (χ0) is 15.5. The zero-order valence-electron chi connectivity index (χ0n) is 12.1. The number of rotatable bonds is 3. The lowest BCUT2D eigenvalue weighted by molar-refractivity contribution is 0.0601. The van der Waals surface area contributed by atoms with Crippen molar-refractivity contribution in [3.05, 3.63) is 22.7 Å². The van der Waals surface area contributed by atoms with E-state index in [-0.39, 0.29) is 16.3 Å². The first-order chi connectivity index (χ1) is 10.0. The van der Waals surface area contributed by atoms with Gasteiger partial charge in [-0.25, -0.2) is 9.00 Å². The van der Waals surface area contributed by atoms with Gasteiger partial charge in [-0.3, -0.25) is 0 Å². The summed E-state index contributed by atoms with van der Waals surface area (Å²) in [5.74, 6) is 0.947. The molecule has 1 fully saturated rings. The summed E-state index contributed by atoms with van der Waals surface area (Å²) in [5, 5.41) is 0.120. The Morgan fingerprint density at radius 2 is 1.90 bits per heavy atom. The number of hydrogen-bond acceptors (Lipinski definition) is 5. The molecule has 0 bridgehead atoms. The van der Waals surface area contributed by atoms with Crippen LogP contribution in [0.3, 0.4) is 0 Å². The van der Waals surface area contributed by atoms with Crippen LogP contribution in [0.25, 0.3) is 0 Å². The van der Waals surface area contributed by atoms with Crippen LogP contribution in [0, 0.1) is 0 Å². The molecular weight excluding hydrogens is 314 g/mol. The van der Waals surface area contributed by atoms with Crippen molar-refractivity contribution >= 4 is 33.0 Å². The van der Waals surface area contributed by atoms with Crippen LogP contribution in [0.1, 0.15) is 29.6 Å². The number of halogens is 1. The molecule has 0 radical (unpaired) electrons. The van der Waals surface area contributed by atoms with Crippen molar-refractivity contribution in [1.82, 2.24) is 0 Å². The highest BCUT2D eigenvalue weighted by atomic mass is 35.5. The Labute approximate surface area is 129 Å². The van der Waals surface area contributed by atoms with Crippen LogP contribution in [0.15, 0.2) is 16.5 Å². The summed E-state index contributed by atoms with van der Waals surface area (Å²) in [6.45, 7) is 0. The molecule has 0 aromatic heterocycles. The van der Waals surface area contributed by atoms with Gasteiger partial charge in [0.25, 0.3) is 0 Å². The SMILES string of the molecule is COC(=O)c1ccc(OC)c(N=S2(=O)CCCCC2)c1Cl. The Bertz CT molecular complexity index is 653. The second kappa shape index (κ2) is 6.66. The number of benzene rings is 1. The van der Waals surface area contributed by atoms with Gasteiger partial charge in [0, 0.05) is 11.5 Å². The first-order valence-electron chi connectivity index (χ1n) is 6.68. The van der Waals surface area contributed by atoms with E-state index >= 15 is 0 Å². The van der Waals surface area contributed by atoms with Gasteiger partial charge < -0.3 is 9.47 Å². The predicted molar refractivity (Wildman–Crippen MR) is 83.2 cm³/mol. The Balaban J connectivity index is 2.58. The first-order valence-corrected chi connectivity index (χ1v) is 8.91. The van der Waals surface area contributed by atoms with Gasteiger partial charge in [-0.15, -0.1) is 0 Å². The third kappa shape index (κ3) is 3.49. The minimum atomic E-state index is -2.34. The largest absolute Gasteiger partial charge is 0.494 e. The third-order valence-corrected chi connectivity index (χ3v) is 6.14. The summed E-state index contributed by atoms with van der Waals surface area (Å²) in [5.41, 5.74) is 0.464. The molecule has 1 aromatic rings. The smallest absolute Gasteiger partial charge is 0.339 e. The standard InChI is InChI=1S/C14H18ClNO4S/c1-19-11-7-6-10(14(17)20-2)12(15)13(11)16-21(18)8-4-3-5-9-21/h6-7H,3-5,8-9H2,1-2H3. The molecule has 0 aliphatic carbocycles. The lowest BCUT2D eigenvalue weighted by atomic mass is 10.2. The molecule has 116 valence electrons. The van der Waals surface area contributed by atoms with E-state index in [0.717, 1.165) is 19.3 Å². The fourth-order valence-electron chi connectivity index (χ4n) is 2.26. The fourth-order valence-corrected chi connectivity index (χ4v) is 4.79. The molecule has 1 aliphatic rings. The molecule has 0 spiro atoms. The molecule has 5 nitrogen and oxygen atoms in total. The van der Waals surface area contributed by atoms with Gasteiger partial charge in [-0.2, -0.15) is 4.36 Å². The highest BCUT2D eigenvalue weighted by Gasteiger charge is 2.21. The van der Waals surface area contributed by atoms with Crippen molar-refractivity contribution in [1.29, 1.82) is 0 Å². The maximum Gasteiger partial charge on any atom is 0.339 e. The van der Waals surface area contributed by atoms with Gasteiger partial charge in [-0.05, 0) is 25.0 Å². The molecule has 0 amide bonds. The number of ether oxygens (including phenoxy) is 2. The minimum absolute atomic E-state index is 0.120. The molecular formula is C14H18ClNO4S. The number of esters is 1. The summed E-state index contributed by atoms with van der Waals surface area (Å²) < 4.78 is 27.0. The van der Waals surface area contributed by atoms with E-state index in [1.165, 1.54) is 20.3 Å². The molecule has 21 heavy (non-hydrogen) atoms. The molecule has 1 aliphatic heterocycles. The van der Waals surface area contributed by atoms with Gasteiger partial charge in [0.05, 0.1) is 34.5 Å². The van der Waals surface area contributed by atoms with Crippen molar-refractivity contribution in [2.24, 2.45) is 4.36 Å². The number of nitrogens with zero attached hydrogens (tertiary/aromatic N) is 1. The molecule has 0 saturated carbocycles. The number of methoxy groups -OCH3 is 2. The Hall–Kier alpha value is -1.27. The van der Waals surface area contributed by atoms with Crippen LogP contribution >= 0.6 is 11.6 Å². The normalized spacial score (nSPS) is 17.1. The molecule has 0 atom stereocenters. The van der Waals surface area contributed by atoms with E-state index in [4.69, 9.17) is 16.3 Å². The molecule has 1 heterocycles. The van der Waals surface area contributed by atoms with Crippen LogP contribution in [-0.4, -0.2) is 35.9 Å². The summed E-state index contributed by atoms with van der Waals surface area (Å²) in [6, 6.07) is 3.10. The van der Waals surface area contributed by atoms with Crippen LogP contribution < -0.4 is 4.74 Å². The Morgan fingerprint density at radius 1 is 1.24 bits per heavy atom. The summed E-state index contributed by atoms with van der Waals surface area (Å²) in [4.78, 5) is 11.7. The quantitative estimate of drug-likeness (QED) is 0.796. The predicted octanol–water partition coefficient (Wildman–Crippen LogP) is 3.42. The monoisotopic (exact) mass is 331 g/mol. The maximum absolute atomic E-state index is 12.7. The average Bonchev–Trinajstić information content (AvgIpc) is 2.49. The van der Waals surface area contributed by atoms with Crippen molar-refractivity contribution in [3.63, 3.8) is 0 Å². The van der Waals surface area contributed by atoms with E-state index < -0.39 is 15.7 Å².